The van der Waals surface area contributed by atoms with Crippen molar-refractivity contribution in [3.8, 4) is 0 Å². The van der Waals surface area contributed by atoms with Crippen molar-refractivity contribution < 1.29 is 13.2 Å². The molecule has 0 bridgehead atoms. The molecule has 1 heterocycles. The summed E-state index contributed by atoms with van der Waals surface area (Å²) in [5, 5.41) is 0.718. The van der Waals surface area contributed by atoms with E-state index in [0.717, 1.165) is 5.39 Å². The molecule has 1 N–H and O–H groups in total. The van der Waals surface area contributed by atoms with Crippen LogP contribution < -0.4 is 4.72 Å². The van der Waals surface area contributed by atoms with E-state index in [-0.39, 0.29) is 21.9 Å². The first kappa shape index (κ1) is 17.9. The van der Waals surface area contributed by atoms with Gasteiger partial charge in [-0.15, -0.1) is 0 Å². The quantitative estimate of drug-likeness (QED) is 0.518. The summed E-state index contributed by atoms with van der Waals surface area (Å²) in [6, 6.07) is 23.5. The fraction of sp³-hybridized carbons (Fsp3) is 0. The molecule has 0 aliphatic rings. The fourth-order valence-corrected chi connectivity index (χ4v) is 4.12. The van der Waals surface area contributed by atoms with E-state index < -0.39 is 10.0 Å². The van der Waals surface area contributed by atoms with Crippen LogP contribution in [0.4, 0.5) is 5.69 Å². The van der Waals surface area contributed by atoms with Crippen molar-refractivity contribution in [3.05, 3.63) is 102 Å². The van der Waals surface area contributed by atoms with Crippen molar-refractivity contribution in [2.24, 2.45) is 0 Å². The lowest BCUT2D eigenvalue weighted by molar-refractivity contribution is 0.104. The molecule has 0 amide bonds. The number of fused-ring (bicyclic) bond motifs is 1. The second-order valence-corrected chi connectivity index (χ2v) is 7.85. The maximum atomic E-state index is 13.2. The van der Waals surface area contributed by atoms with Gasteiger partial charge in [0, 0.05) is 22.7 Å². The van der Waals surface area contributed by atoms with E-state index in [1.165, 1.54) is 12.1 Å². The van der Waals surface area contributed by atoms with Crippen LogP contribution in [0.3, 0.4) is 0 Å². The van der Waals surface area contributed by atoms with Crippen LogP contribution in [0.15, 0.2) is 96.0 Å². The van der Waals surface area contributed by atoms with Crippen molar-refractivity contribution in [3.63, 3.8) is 0 Å². The summed E-state index contributed by atoms with van der Waals surface area (Å²) >= 11 is 0. The zero-order valence-electron chi connectivity index (χ0n) is 14.7. The van der Waals surface area contributed by atoms with Gasteiger partial charge in [-0.1, -0.05) is 48.5 Å². The van der Waals surface area contributed by atoms with Crippen molar-refractivity contribution in [1.29, 1.82) is 0 Å². The molecule has 0 atom stereocenters. The number of benzene rings is 3. The number of para-hydroxylation sites is 1. The molecule has 3 aromatic carbocycles. The molecule has 5 nitrogen and oxygen atoms in total. The number of anilines is 1. The van der Waals surface area contributed by atoms with Crippen molar-refractivity contribution in [1.82, 2.24) is 4.98 Å². The second kappa shape index (κ2) is 7.25. The summed E-state index contributed by atoms with van der Waals surface area (Å²) in [5.41, 5.74) is 1.68. The average molecular weight is 388 g/mol. The second-order valence-electron chi connectivity index (χ2n) is 6.17. The SMILES string of the molecule is O=C(c1ccccc1NS(=O)(=O)c1ccccc1)c1cccc2ncccc12. The van der Waals surface area contributed by atoms with Gasteiger partial charge in [0.05, 0.1) is 16.1 Å². The summed E-state index contributed by atoms with van der Waals surface area (Å²) in [4.78, 5) is 17.6. The summed E-state index contributed by atoms with van der Waals surface area (Å²) in [6.07, 6.45) is 1.67. The third kappa shape index (κ3) is 3.37. The number of nitrogens with zero attached hydrogens (tertiary/aromatic N) is 1. The number of carbonyl (C=O) groups is 1. The summed E-state index contributed by atoms with van der Waals surface area (Å²) in [7, 11) is -3.81. The van der Waals surface area contributed by atoms with E-state index in [1.807, 2.05) is 12.1 Å². The van der Waals surface area contributed by atoms with E-state index >= 15 is 0 Å². The molecule has 4 aromatic rings. The number of hydrogen-bond acceptors (Lipinski definition) is 4. The van der Waals surface area contributed by atoms with Gasteiger partial charge in [0.1, 0.15) is 0 Å². The van der Waals surface area contributed by atoms with Crippen LogP contribution in [0.2, 0.25) is 0 Å². The van der Waals surface area contributed by atoms with E-state index in [9.17, 15) is 13.2 Å². The van der Waals surface area contributed by atoms with Gasteiger partial charge in [0.25, 0.3) is 10.0 Å². The molecule has 0 aliphatic carbocycles. The van der Waals surface area contributed by atoms with Crippen LogP contribution in [-0.4, -0.2) is 19.2 Å². The predicted octanol–water partition coefficient (Wildman–Crippen LogP) is 4.27. The third-order valence-corrected chi connectivity index (χ3v) is 5.74. The van der Waals surface area contributed by atoms with Crippen LogP contribution in [0.5, 0.6) is 0 Å². The molecular formula is C22H16N2O3S. The molecule has 1 aromatic heterocycles. The van der Waals surface area contributed by atoms with E-state index in [1.54, 1.807) is 66.9 Å². The number of carbonyl (C=O) groups excluding carboxylic acids is 1. The van der Waals surface area contributed by atoms with Gasteiger partial charge in [0.2, 0.25) is 0 Å². The van der Waals surface area contributed by atoms with Gasteiger partial charge >= 0.3 is 0 Å². The maximum Gasteiger partial charge on any atom is 0.261 e. The van der Waals surface area contributed by atoms with Gasteiger partial charge in [-0.3, -0.25) is 14.5 Å². The number of pyridine rings is 1. The largest absolute Gasteiger partial charge is 0.289 e. The van der Waals surface area contributed by atoms with Crippen LogP contribution in [0, 0.1) is 0 Å². The number of ketones is 1. The average Bonchev–Trinajstić information content (AvgIpc) is 2.73. The topological polar surface area (TPSA) is 76.1 Å². The number of nitrogens with one attached hydrogen (secondary N) is 1. The minimum absolute atomic E-state index is 0.131. The molecule has 0 fully saturated rings. The van der Waals surface area contributed by atoms with Crippen molar-refractivity contribution in [2.45, 2.75) is 4.90 Å². The number of aromatic nitrogens is 1. The molecule has 6 heteroatoms. The highest BCUT2D eigenvalue weighted by molar-refractivity contribution is 7.92. The molecule has 0 spiro atoms. The lowest BCUT2D eigenvalue weighted by Gasteiger charge is -2.13. The predicted molar refractivity (Wildman–Crippen MR) is 109 cm³/mol. The standard InChI is InChI=1S/C22H16N2O3S/c25-22(18-11-6-14-20-17(18)12-7-15-23-20)19-10-4-5-13-21(19)24-28(26,27)16-8-2-1-3-9-16/h1-15,24H. The lowest BCUT2D eigenvalue weighted by atomic mass is 9.98. The van der Waals surface area contributed by atoms with Crippen LogP contribution in [0.1, 0.15) is 15.9 Å². The van der Waals surface area contributed by atoms with Crippen LogP contribution >= 0.6 is 0 Å². The fourth-order valence-electron chi connectivity index (χ4n) is 3.02. The Labute approximate surface area is 162 Å². The summed E-state index contributed by atoms with van der Waals surface area (Å²) in [5.74, 6) is -0.273. The Morgan fingerprint density at radius 1 is 0.750 bits per heavy atom. The van der Waals surface area contributed by atoms with E-state index in [2.05, 4.69) is 9.71 Å². The molecule has 28 heavy (non-hydrogen) atoms. The summed E-state index contributed by atoms with van der Waals surface area (Å²) < 4.78 is 27.9. The van der Waals surface area contributed by atoms with Crippen molar-refractivity contribution >= 4 is 32.4 Å². The molecule has 0 saturated carbocycles. The smallest absolute Gasteiger partial charge is 0.261 e. The van der Waals surface area contributed by atoms with Crippen LogP contribution in [0.25, 0.3) is 10.9 Å². The Morgan fingerprint density at radius 2 is 1.46 bits per heavy atom. The minimum atomic E-state index is -3.81. The lowest BCUT2D eigenvalue weighted by Crippen LogP contribution is -2.16. The van der Waals surface area contributed by atoms with E-state index in [4.69, 9.17) is 0 Å². The Kier molecular flexibility index (Phi) is 4.63. The number of sulfonamides is 1. The first-order valence-electron chi connectivity index (χ1n) is 8.61. The molecule has 138 valence electrons. The first-order chi connectivity index (χ1) is 13.6. The Hall–Kier alpha value is -3.51. The number of hydrogen-bond donors (Lipinski definition) is 1. The highest BCUT2D eigenvalue weighted by Crippen LogP contribution is 2.25. The Balaban J connectivity index is 1.77. The Morgan fingerprint density at radius 3 is 2.29 bits per heavy atom. The monoisotopic (exact) mass is 388 g/mol. The highest BCUT2D eigenvalue weighted by atomic mass is 32.2. The maximum absolute atomic E-state index is 13.2. The highest BCUT2D eigenvalue weighted by Gasteiger charge is 2.20. The van der Waals surface area contributed by atoms with Crippen molar-refractivity contribution in [2.75, 3.05) is 4.72 Å². The van der Waals surface area contributed by atoms with E-state index in [0.29, 0.717) is 11.1 Å². The van der Waals surface area contributed by atoms with Gasteiger partial charge in [-0.2, -0.15) is 0 Å². The third-order valence-electron chi connectivity index (χ3n) is 4.36. The zero-order chi connectivity index (χ0) is 19.6. The molecule has 0 saturated heterocycles. The molecule has 0 aliphatic heterocycles. The molecule has 0 radical (unpaired) electrons. The first-order valence-corrected chi connectivity index (χ1v) is 10.1. The molecular weight excluding hydrogens is 372 g/mol. The van der Waals surface area contributed by atoms with Gasteiger partial charge in [-0.05, 0) is 36.4 Å². The minimum Gasteiger partial charge on any atom is -0.289 e. The normalized spacial score (nSPS) is 11.3. The van der Waals surface area contributed by atoms with Gasteiger partial charge in [-0.25, -0.2) is 8.42 Å². The van der Waals surface area contributed by atoms with Crippen LogP contribution in [-0.2, 0) is 10.0 Å². The zero-order valence-corrected chi connectivity index (χ0v) is 15.6. The van der Waals surface area contributed by atoms with Gasteiger partial charge in [0.15, 0.2) is 5.78 Å². The number of rotatable bonds is 5. The molecule has 0 unspecified atom stereocenters. The Bertz CT molecular complexity index is 1260. The summed E-state index contributed by atoms with van der Waals surface area (Å²) in [6.45, 7) is 0. The molecule has 4 rings (SSSR count). The van der Waals surface area contributed by atoms with Gasteiger partial charge < -0.3 is 0 Å².